The summed E-state index contributed by atoms with van der Waals surface area (Å²) >= 11 is 0. The van der Waals surface area contributed by atoms with Gasteiger partial charge in [-0.25, -0.2) is 8.42 Å². The molecule has 1 atom stereocenters. The Bertz CT molecular complexity index is 679. The van der Waals surface area contributed by atoms with Gasteiger partial charge in [-0.1, -0.05) is 32.0 Å². The molecule has 0 heterocycles. The lowest BCUT2D eigenvalue weighted by molar-refractivity contribution is 0.286. The van der Waals surface area contributed by atoms with Crippen molar-refractivity contribution in [3.63, 3.8) is 0 Å². The molecule has 0 aliphatic carbocycles. The number of aliphatic imine (C=N–C) groups is 1. The molecule has 0 spiro atoms. The molecule has 0 aliphatic heterocycles. The highest BCUT2D eigenvalue weighted by atomic mass is 127. The summed E-state index contributed by atoms with van der Waals surface area (Å²) in [6.45, 7) is 7.58. The van der Waals surface area contributed by atoms with E-state index in [1.807, 2.05) is 31.2 Å². The molecule has 0 bridgehead atoms. The van der Waals surface area contributed by atoms with Crippen LogP contribution >= 0.6 is 24.0 Å². The summed E-state index contributed by atoms with van der Waals surface area (Å²) in [4.78, 5) is 4.21. The Morgan fingerprint density at radius 2 is 1.85 bits per heavy atom. The molecule has 1 unspecified atom stereocenters. The molecule has 0 amide bonds. The van der Waals surface area contributed by atoms with Gasteiger partial charge >= 0.3 is 0 Å². The molecule has 0 saturated carbocycles. The van der Waals surface area contributed by atoms with Gasteiger partial charge in [0.25, 0.3) is 0 Å². The van der Waals surface area contributed by atoms with Crippen molar-refractivity contribution in [2.45, 2.75) is 46.2 Å². The van der Waals surface area contributed by atoms with Crippen molar-refractivity contribution in [2.24, 2.45) is 10.9 Å². The van der Waals surface area contributed by atoms with Crippen molar-refractivity contribution < 1.29 is 13.2 Å². The first-order valence-electron chi connectivity index (χ1n) is 9.07. The summed E-state index contributed by atoms with van der Waals surface area (Å²) in [5.41, 5.74) is 1.06. The number of guanidine groups is 1. The maximum absolute atomic E-state index is 11.3. The smallest absolute Gasteiger partial charge is 0.191 e. The van der Waals surface area contributed by atoms with E-state index in [4.69, 9.17) is 4.74 Å². The zero-order valence-corrected chi connectivity index (χ0v) is 20.1. The fourth-order valence-corrected chi connectivity index (χ4v) is 3.05. The predicted molar refractivity (Wildman–Crippen MR) is 124 cm³/mol. The molecule has 27 heavy (non-hydrogen) atoms. The van der Waals surface area contributed by atoms with Crippen LogP contribution in [0, 0.1) is 5.92 Å². The minimum Gasteiger partial charge on any atom is -0.493 e. The minimum absolute atomic E-state index is 0. The summed E-state index contributed by atoms with van der Waals surface area (Å²) in [5, 5.41) is 6.48. The number of nitrogens with one attached hydrogen (secondary N) is 2. The molecule has 1 aromatic rings. The first kappa shape index (κ1) is 26.0. The summed E-state index contributed by atoms with van der Waals surface area (Å²) in [5.74, 6) is 2.28. The third-order valence-electron chi connectivity index (χ3n) is 3.90. The first-order valence-corrected chi connectivity index (χ1v) is 11.1. The van der Waals surface area contributed by atoms with Gasteiger partial charge in [-0.3, -0.25) is 4.99 Å². The van der Waals surface area contributed by atoms with E-state index in [2.05, 4.69) is 29.5 Å². The number of hydrogen-bond acceptors (Lipinski definition) is 4. The normalized spacial score (nSPS) is 13.0. The summed E-state index contributed by atoms with van der Waals surface area (Å²) in [6.07, 6.45) is 2.81. The molecule has 0 radical (unpaired) electrons. The number of rotatable bonds is 10. The second-order valence-corrected chi connectivity index (χ2v) is 9.29. The van der Waals surface area contributed by atoms with E-state index < -0.39 is 9.84 Å². The van der Waals surface area contributed by atoms with Crippen LogP contribution in [-0.2, 0) is 16.4 Å². The lowest BCUT2D eigenvalue weighted by Crippen LogP contribution is -2.42. The van der Waals surface area contributed by atoms with E-state index in [0.29, 0.717) is 31.4 Å². The second kappa shape index (κ2) is 13.2. The van der Waals surface area contributed by atoms with E-state index in [0.717, 1.165) is 17.7 Å². The van der Waals surface area contributed by atoms with E-state index in [9.17, 15) is 8.42 Å². The zero-order chi connectivity index (χ0) is 19.6. The zero-order valence-electron chi connectivity index (χ0n) is 17.0. The number of nitrogens with zero attached hydrogens (tertiary/aromatic N) is 1. The van der Waals surface area contributed by atoms with Crippen molar-refractivity contribution >= 4 is 39.8 Å². The standard InChI is InChI=1S/C19H33N3O3S.HI/c1-15(2)10-12-25-18-9-7-6-8-17(18)14-21-19(20-4)22-16(3)11-13-26(5,23)24;/h6-9,15-16H,10-14H2,1-5H3,(H2,20,21,22);1H. The number of para-hydroxylation sites is 1. The number of ether oxygens (including phenoxy) is 1. The van der Waals surface area contributed by atoms with Gasteiger partial charge in [0.05, 0.1) is 12.4 Å². The maximum atomic E-state index is 11.3. The topological polar surface area (TPSA) is 79.8 Å². The van der Waals surface area contributed by atoms with Gasteiger partial charge in [0.2, 0.25) is 0 Å². The molecule has 8 heteroatoms. The van der Waals surface area contributed by atoms with Crippen LogP contribution in [0.5, 0.6) is 5.75 Å². The van der Waals surface area contributed by atoms with Crippen LogP contribution < -0.4 is 15.4 Å². The van der Waals surface area contributed by atoms with Gasteiger partial charge in [-0.15, -0.1) is 24.0 Å². The molecule has 156 valence electrons. The molecule has 0 saturated heterocycles. The highest BCUT2D eigenvalue weighted by Crippen LogP contribution is 2.18. The largest absolute Gasteiger partial charge is 0.493 e. The third-order valence-corrected chi connectivity index (χ3v) is 4.88. The molecule has 2 N–H and O–H groups in total. The van der Waals surface area contributed by atoms with Crippen molar-refractivity contribution in [3.05, 3.63) is 29.8 Å². The molecular weight excluding hydrogens is 477 g/mol. The van der Waals surface area contributed by atoms with Crippen LogP contribution in [0.15, 0.2) is 29.3 Å². The Morgan fingerprint density at radius 1 is 1.19 bits per heavy atom. The van der Waals surface area contributed by atoms with Gasteiger partial charge in [0.15, 0.2) is 5.96 Å². The fraction of sp³-hybridized carbons (Fsp3) is 0.632. The number of benzene rings is 1. The van der Waals surface area contributed by atoms with E-state index in [1.165, 1.54) is 6.26 Å². The van der Waals surface area contributed by atoms with Crippen molar-refractivity contribution in [2.75, 3.05) is 25.7 Å². The quantitative estimate of drug-likeness (QED) is 0.287. The lowest BCUT2D eigenvalue weighted by Gasteiger charge is -2.18. The second-order valence-electron chi connectivity index (χ2n) is 7.03. The fourth-order valence-electron chi connectivity index (χ4n) is 2.27. The van der Waals surface area contributed by atoms with Crippen LogP contribution in [0.25, 0.3) is 0 Å². The van der Waals surface area contributed by atoms with Crippen molar-refractivity contribution in [3.8, 4) is 5.75 Å². The third kappa shape index (κ3) is 12.1. The Morgan fingerprint density at radius 3 is 2.44 bits per heavy atom. The Labute approximate surface area is 181 Å². The summed E-state index contributed by atoms with van der Waals surface area (Å²) in [7, 11) is -1.26. The van der Waals surface area contributed by atoms with Crippen molar-refractivity contribution in [1.29, 1.82) is 0 Å². The highest BCUT2D eigenvalue weighted by molar-refractivity contribution is 14.0. The molecule has 6 nitrogen and oxygen atoms in total. The van der Waals surface area contributed by atoms with Gasteiger partial charge in [0, 0.05) is 31.5 Å². The molecule has 1 aromatic carbocycles. The van der Waals surface area contributed by atoms with Crippen LogP contribution in [-0.4, -0.2) is 46.1 Å². The van der Waals surface area contributed by atoms with E-state index in [-0.39, 0.29) is 35.8 Å². The Hall–Kier alpha value is -1.03. The first-order chi connectivity index (χ1) is 12.2. The Kier molecular flexibility index (Phi) is 12.7. The van der Waals surface area contributed by atoms with Gasteiger partial charge < -0.3 is 15.4 Å². The van der Waals surface area contributed by atoms with Crippen LogP contribution in [0.2, 0.25) is 0 Å². The molecule has 1 rings (SSSR count). The molecule has 0 aromatic heterocycles. The average molecular weight is 511 g/mol. The Balaban J connectivity index is 0.00000676. The summed E-state index contributed by atoms with van der Waals surface area (Å²) < 4.78 is 28.5. The van der Waals surface area contributed by atoms with Crippen LogP contribution in [0.1, 0.15) is 39.2 Å². The van der Waals surface area contributed by atoms with Gasteiger partial charge in [0.1, 0.15) is 15.6 Å². The number of sulfone groups is 1. The maximum Gasteiger partial charge on any atom is 0.191 e. The highest BCUT2D eigenvalue weighted by Gasteiger charge is 2.10. The van der Waals surface area contributed by atoms with Crippen LogP contribution in [0.3, 0.4) is 0 Å². The minimum atomic E-state index is -2.95. The molecule has 0 aliphatic rings. The monoisotopic (exact) mass is 511 g/mol. The molecule has 0 fully saturated rings. The van der Waals surface area contributed by atoms with Crippen molar-refractivity contribution in [1.82, 2.24) is 10.6 Å². The SMILES string of the molecule is CN=C(NCc1ccccc1OCCC(C)C)NC(C)CCS(C)(=O)=O.I. The number of halogens is 1. The van der Waals surface area contributed by atoms with Gasteiger partial charge in [-0.2, -0.15) is 0 Å². The average Bonchev–Trinajstić information content (AvgIpc) is 2.57. The van der Waals surface area contributed by atoms with E-state index >= 15 is 0 Å². The van der Waals surface area contributed by atoms with Crippen LogP contribution in [0.4, 0.5) is 0 Å². The summed E-state index contributed by atoms with van der Waals surface area (Å²) in [6, 6.07) is 7.96. The lowest BCUT2D eigenvalue weighted by atomic mass is 10.1. The van der Waals surface area contributed by atoms with E-state index in [1.54, 1.807) is 7.05 Å². The van der Waals surface area contributed by atoms with Gasteiger partial charge in [-0.05, 0) is 31.7 Å². The molecular formula is C19H34IN3O3S. The predicted octanol–water partition coefficient (Wildman–Crippen LogP) is 3.22. The number of hydrogen-bond donors (Lipinski definition) is 2.